The zero-order valence-electron chi connectivity index (χ0n) is 15.0. The number of sulfonamides is 1. The minimum absolute atomic E-state index is 0.0129. The first kappa shape index (κ1) is 18.9. The van der Waals surface area contributed by atoms with Gasteiger partial charge < -0.3 is 5.32 Å². The van der Waals surface area contributed by atoms with E-state index in [1.807, 2.05) is 39.8 Å². The summed E-state index contributed by atoms with van der Waals surface area (Å²) < 4.78 is 26.9. The highest BCUT2D eigenvalue weighted by atomic mass is 32.2. The third-order valence-corrected chi connectivity index (χ3v) is 6.35. The number of nitrogens with zero attached hydrogens (tertiary/aromatic N) is 1. The SMILES string of the molecule is CCc1ccc(S(=O)(=O)N2CCC(NC(=O)C(C)(C)C)CC2)cc1. The first-order valence-corrected chi connectivity index (χ1v) is 9.98. The maximum atomic E-state index is 12.7. The molecule has 1 aliphatic heterocycles. The Balaban J connectivity index is 1.99. The van der Waals surface area contributed by atoms with E-state index < -0.39 is 15.4 Å². The summed E-state index contributed by atoms with van der Waals surface area (Å²) in [5.74, 6) is 0.0129. The molecular formula is C18H28N2O3S. The molecule has 0 unspecified atom stereocenters. The fourth-order valence-corrected chi connectivity index (χ4v) is 4.16. The average Bonchev–Trinajstić information content (AvgIpc) is 2.54. The minimum Gasteiger partial charge on any atom is -0.353 e. The molecule has 0 spiro atoms. The molecule has 0 aliphatic carbocycles. The predicted molar refractivity (Wildman–Crippen MR) is 95.2 cm³/mol. The molecule has 0 aromatic heterocycles. The maximum absolute atomic E-state index is 12.7. The molecule has 1 saturated heterocycles. The topological polar surface area (TPSA) is 66.5 Å². The van der Waals surface area contributed by atoms with Crippen LogP contribution in [0.5, 0.6) is 0 Å². The van der Waals surface area contributed by atoms with E-state index in [1.165, 1.54) is 4.31 Å². The van der Waals surface area contributed by atoms with Crippen LogP contribution < -0.4 is 5.32 Å². The predicted octanol–water partition coefficient (Wildman–Crippen LogP) is 2.56. The second-order valence-corrected chi connectivity index (χ2v) is 9.34. The highest BCUT2D eigenvalue weighted by molar-refractivity contribution is 7.89. The van der Waals surface area contributed by atoms with Crippen LogP contribution in [-0.2, 0) is 21.2 Å². The van der Waals surface area contributed by atoms with Gasteiger partial charge in [-0.05, 0) is 37.0 Å². The van der Waals surface area contributed by atoms with Gasteiger partial charge in [0.2, 0.25) is 15.9 Å². The summed E-state index contributed by atoms with van der Waals surface area (Å²) in [7, 11) is -3.45. The van der Waals surface area contributed by atoms with Gasteiger partial charge >= 0.3 is 0 Å². The maximum Gasteiger partial charge on any atom is 0.243 e. The van der Waals surface area contributed by atoms with Crippen molar-refractivity contribution in [3.63, 3.8) is 0 Å². The number of benzene rings is 1. The van der Waals surface area contributed by atoms with Crippen LogP contribution >= 0.6 is 0 Å². The normalized spacial score (nSPS) is 17.7. The second-order valence-electron chi connectivity index (χ2n) is 7.40. The summed E-state index contributed by atoms with van der Waals surface area (Å²) in [6.07, 6.45) is 2.18. The zero-order valence-corrected chi connectivity index (χ0v) is 15.8. The number of aryl methyl sites for hydroxylation is 1. The summed E-state index contributed by atoms with van der Waals surface area (Å²) in [5.41, 5.74) is 0.696. The Labute approximate surface area is 145 Å². The van der Waals surface area contributed by atoms with E-state index in [9.17, 15) is 13.2 Å². The molecule has 1 aromatic carbocycles. The molecule has 1 aromatic rings. The molecule has 0 radical (unpaired) electrons. The van der Waals surface area contributed by atoms with Gasteiger partial charge in [0.1, 0.15) is 0 Å². The van der Waals surface area contributed by atoms with E-state index >= 15 is 0 Å². The molecule has 0 saturated carbocycles. The zero-order chi connectivity index (χ0) is 18.0. The van der Waals surface area contributed by atoms with E-state index in [4.69, 9.17) is 0 Å². The third-order valence-electron chi connectivity index (χ3n) is 4.44. The second kappa shape index (κ2) is 7.23. The van der Waals surface area contributed by atoms with Crippen molar-refractivity contribution in [3.05, 3.63) is 29.8 Å². The van der Waals surface area contributed by atoms with Crippen LogP contribution in [0, 0.1) is 5.41 Å². The first-order valence-electron chi connectivity index (χ1n) is 8.54. The highest BCUT2D eigenvalue weighted by Gasteiger charge is 2.31. The van der Waals surface area contributed by atoms with Crippen molar-refractivity contribution in [2.24, 2.45) is 5.41 Å². The Kier molecular flexibility index (Phi) is 5.71. The Morgan fingerprint density at radius 2 is 1.71 bits per heavy atom. The van der Waals surface area contributed by atoms with Crippen LogP contribution in [-0.4, -0.2) is 37.8 Å². The number of carbonyl (C=O) groups excluding carboxylic acids is 1. The number of carbonyl (C=O) groups is 1. The highest BCUT2D eigenvalue weighted by Crippen LogP contribution is 2.22. The van der Waals surface area contributed by atoms with Crippen LogP contribution in [0.1, 0.15) is 46.1 Å². The quantitative estimate of drug-likeness (QED) is 0.906. The Hall–Kier alpha value is -1.40. The van der Waals surface area contributed by atoms with Crippen molar-refractivity contribution in [2.75, 3.05) is 13.1 Å². The Morgan fingerprint density at radius 1 is 1.17 bits per heavy atom. The Morgan fingerprint density at radius 3 is 2.17 bits per heavy atom. The molecule has 1 aliphatic rings. The van der Waals surface area contributed by atoms with Gasteiger partial charge in [0.05, 0.1) is 4.90 Å². The summed E-state index contributed by atoms with van der Waals surface area (Å²) in [4.78, 5) is 12.4. The number of amides is 1. The monoisotopic (exact) mass is 352 g/mol. The van der Waals surface area contributed by atoms with E-state index in [2.05, 4.69) is 5.32 Å². The largest absolute Gasteiger partial charge is 0.353 e. The number of piperidine rings is 1. The molecule has 6 heteroatoms. The van der Waals surface area contributed by atoms with E-state index in [-0.39, 0.29) is 11.9 Å². The van der Waals surface area contributed by atoms with Crippen LogP contribution in [0.2, 0.25) is 0 Å². The smallest absolute Gasteiger partial charge is 0.243 e. The van der Waals surface area contributed by atoms with Crippen molar-refractivity contribution >= 4 is 15.9 Å². The van der Waals surface area contributed by atoms with Crippen molar-refractivity contribution in [3.8, 4) is 0 Å². The summed E-state index contributed by atoms with van der Waals surface area (Å²) in [6, 6.07) is 7.14. The number of nitrogens with one attached hydrogen (secondary N) is 1. The molecule has 134 valence electrons. The van der Waals surface area contributed by atoms with Crippen molar-refractivity contribution < 1.29 is 13.2 Å². The average molecular weight is 353 g/mol. The van der Waals surface area contributed by atoms with Gasteiger partial charge in [0.15, 0.2) is 0 Å². The summed E-state index contributed by atoms with van der Waals surface area (Å²) in [5, 5.41) is 3.03. The third kappa shape index (κ3) is 4.36. The van der Waals surface area contributed by atoms with Crippen LogP contribution in [0.3, 0.4) is 0 Å². The molecule has 1 N–H and O–H groups in total. The molecule has 1 fully saturated rings. The van der Waals surface area contributed by atoms with Gasteiger partial charge in [-0.25, -0.2) is 8.42 Å². The number of hydrogen-bond donors (Lipinski definition) is 1. The summed E-state index contributed by atoms with van der Waals surface area (Å²) in [6.45, 7) is 8.55. The molecule has 24 heavy (non-hydrogen) atoms. The van der Waals surface area contributed by atoms with Crippen molar-refractivity contribution in [1.82, 2.24) is 9.62 Å². The molecule has 5 nitrogen and oxygen atoms in total. The van der Waals surface area contributed by atoms with Gasteiger partial charge in [-0.15, -0.1) is 0 Å². The summed E-state index contributed by atoms with van der Waals surface area (Å²) >= 11 is 0. The van der Waals surface area contributed by atoms with Crippen molar-refractivity contribution in [1.29, 1.82) is 0 Å². The van der Waals surface area contributed by atoms with E-state index in [0.29, 0.717) is 30.8 Å². The van der Waals surface area contributed by atoms with Gasteiger partial charge in [-0.2, -0.15) is 4.31 Å². The Bertz CT molecular complexity index is 667. The lowest BCUT2D eigenvalue weighted by atomic mass is 9.94. The van der Waals surface area contributed by atoms with Crippen LogP contribution in [0.15, 0.2) is 29.2 Å². The van der Waals surface area contributed by atoms with Crippen LogP contribution in [0.25, 0.3) is 0 Å². The fourth-order valence-electron chi connectivity index (χ4n) is 2.69. The molecule has 1 amide bonds. The number of hydrogen-bond acceptors (Lipinski definition) is 3. The molecular weight excluding hydrogens is 324 g/mol. The van der Waals surface area contributed by atoms with Gasteiger partial charge in [0, 0.05) is 24.5 Å². The van der Waals surface area contributed by atoms with Gasteiger partial charge in [-0.3, -0.25) is 4.79 Å². The van der Waals surface area contributed by atoms with E-state index in [1.54, 1.807) is 12.1 Å². The number of rotatable bonds is 4. The molecule has 0 bridgehead atoms. The van der Waals surface area contributed by atoms with Gasteiger partial charge in [0.25, 0.3) is 0 Å². The standard InChI is InChI=1S/C18H28N2O3S/c1-5-14-6-8-16(9-7-14)24(22,23)20-12-10-15(11-13-20)19-17(21)18(2,3)4/h6-9,15H,5,10-13H2,1-4H3,(H,19,21). The molecule has 1 heterocycles. The molecule has 0 atom stereocenters. The minimum atomic E-state index is -3.45. The lowest BCUT2D eigenvalue weighted by Gasteiger charge is -2.33. The fraction of sp³-hybridized carbons (Fsp3) is 0.611. The van der Waals surface area contributed by atoms with Crippen LogP contribution in [0.4, 0.5) is 0 Å². The molecule has 2 rings (SSSR count). The lowest BCUT2D eigenvalue weighted by Crippen LogP contribution is -2.48. The first-order chi connectivity index (χ1) is 11.1. The van der Waals surface area contributed by atoms with Gasteiger partial charge in [-0.1, -0.05) is 39.8 Å². The van der Waals surface area contributed by atoms with E-state index in [0.717, 1.165) is 12.0 Å². The lowest BCUT2D eigenvalue weighted by molar-refractivity contribution is -0.129. The van der Waals surface area contributed by atoms with Crippen molar-refractivity contribution in [2.45, 2.75) is 57.9 Å².